The van der Waals surface area contributed by atoms with Crippen molar-refractivity contribution in [2.75, 3.05) is 5.32 Å². The fraction of sp³-hybridized carbons (Fsp3) is 0.125. The van der Waals surface area contributed by atoms with E-state index < -0.39 is 22.9 Å². The normalized spacial score (nSPS) is 11.5. The minimum Gasteiger partial charge on any atom is -0.449 e. The van der Waals surface area contributed by atoms with Crippen molar-refractivity contribution in [1.29, 1.82) is 0 Å². The first-order chi connectivity index (χ1) is 11.8. The Kier molecular flexibility index (Phi) is 5.95. The number of rotatable bonds is 5. The number of ether oxygens (including phenoxy) is 1. The quantitative estimate of drug-likeness (QED) is 0.477. The third-order valence-corrected chi connectivity index (χ3v) is 3.73. The van der Waals surface area contributed by atoms with Crippen molar-refractivity contribution < 1.29 is 19.2 Å². The Balaban J connectivity index is 2.06. The summed E-state index contributed by atoms with van der Waals surface area (Å²) in [6.07, 6.45) is -1.14. The minimum absolute atomic E-state index is 0.0130. The van der Waals surface area contributed by atoms with Crippen LogP contribution >= 0.6 is 23.2 Å². The number of nitrogens with one attached hydrogen (secondary N) is 1. The van der Waals surface area contributed by atoms with Crippen LogP contribution in [-0.2, 0) is 9.53 Å². The van der Waals surface area contributed by atoms with Crippen molar-refractivity contribution in [2.24, 2.45) is 0 Å². The highest BCUT2D eigenvalue weighted by molar-refractivity contribution is 6.33. The van der Waals surface area contributed by atoms with E-state index in [1.165, 1.54) is 13.0 Å². The van der Waals surface area contributed by atoms with E-state index in [2.05, 4.69) is 5.32 Å². The number of hydrogen-bond acceptors (Lipinski definition) is 5. The fourth-order valence-electron chi connectivity index (χ4n) is 1.84. The number of non-ortho nitro benzene ring substituents is 1. The second-order valence-corrected chi connectivity index (χ2v) is 5.81. The molecule has 7 nitrogen and oxygen atoms in total. The number of anilines is 1. The van der Waals surface area contributed by atoms with Crippen molar-refractivity contribution in [3.63, 3.8) is 0 Å². The summed E-state index contributed by atoms with van der Waals surface area (Å²) in [5, 5.41) is 13.8. The number of hydrogen-bond donors (Lipinski definition) is 1. The molecular formula is C16H12Cl2N2O5. The van der Waals surface area contributed by atoms with E-state index in [9.17, 15) is 19.7 Å². The molecule has 0 heterocycles. The molecule has 0 aliphatic rings. The van der Waals surface area contributed by atoms with Crippen molar-refractivity contribution in [1.82, 2.24) is 0 Å². The van der Waals surface area contributed by atoms with Gasteiger partial charge in [0.1, 0.15) is 0 Å². The molecule has 1 N–H and O–H groups in total. The number of benzene rings is 2. The van der Waals surface area contributed by atoms with Gasteiger partial charge in [0.25, 0.3) is 11.6 Å². The molecule has 0 aliphatic carbocycles. The molecule has 0 spiro atoms. The molecule has 2 aromatic carbocycles. The van der Waals surface area contributed by atoms with Crippen molar-refractivity contribution in [2.45, 2.75) is 13.0 Å². The average Bonchev–Trinajstić information content (AvgIpc) is 2.56. The molecule has 1 atom stereocenters. The lowest BCUT2D eigenvalue weighted by Crippen LogP contribution is -2.30. The van der Waals surface area contributed by atoms with Gasteiger partial charge in [-0.15, -0.1) is 0 Å². The number of amides is 1. The highest BCUT2D eigenvalue weighted by atomic mass is 35.5. The van der Waals surface area contributed by atoms with Crippen molar-refractivity contribution in [3.05, 3.63) is 68.2 Å². The minimum atomic E-state index is -1.14. The zero-order valence-corrected chi connectivity index (χ0v) is 14.4. The van der Waals surface area contributed by atoms with Gasteiger partial charge in [-0.3, -0.25) is 14.9 Å². The summed E-state index contributed by atoms with van der Waals surface area (Å²) in [5.74, 6) is -1.51. The van der Waals surface area contributed by atoms with Crippen LogP contribution in [0, 0.1) is 10.1 Å². The van der Waals surface area contributed by atoms with Gasteiger partial charge in [-0.1, -0.05) is 23.2 Å². The molecule has 0 bridgehead atoms. The third kappa shape index (κ3) is 4.91. The molecule has 0 radical (unpaired) electrons. The number of nitro groups is 1. The number of esters is 1. The first kappa shape index (κ1) is 18.7. The predicted molar refractivity (Wildman–Crippen MR) is 93.1 cm³/mol. The number of nitrogens with zero attached hydrogens (tertiary/aromatic N) is 1. The van der Waals surface area contributed by atoms with E-state index in [4.69, 9.17) is 27.9 Å². The third-order valence-electron chi connectivity index (χ3n) is 3.15. The topological polar surface area (TPSA) is 98.5 Å². The van der Waals surface area contributed by atoms with Crippen LogP contribution in [0.1, 0.15) is 17.3 Å². The lowest BCUT2D eigenvalue weighted by atomic mass is 10.2. The van der Waals surface area contributed by atoms with Gasteiger partial charge in [-0.25, -0.2) is 4.79 Å². The molecule has 2 aromatic rings. The highest BCUT2D eigenvalue weighted by Crippen LogP contribution is 2.23. The molecule has 0 unspecified atom stereocenters. The standard InChI is InChI=1S/C16H12Cl2N2O5/c1-9(15(21)19-11-4-2-10(17)3-5-11)25-16(22)13-8-12(20(23)24)6-7-14(13)18/h2-9H,1H3,(H,19,21)/t9-/m0/s1. The maximum absolute atomic E-state index is 12.1. The molecule has 0 aromatic heterocycles. The molecule has 0 fully saturated rings. The van der Waals surface area contributed by atoms with Gasteiger partial charge in [0.15, 0.2) is 6.10 Å². The zero-order chi connectivity index (χ0) is 18.6. The Hall–Kier alpha value is -2.64. The Morgan fingerprint density at radius 3 is 2.40 bits per heavy atom. The number of carbonyl (C=O) groups excluding carboxylic acids is 2. The highest BCUT2D eigenvalue weighted by Gasteiger charge is 2.22. The summed E-state index contributed by atoms with van der Waals surface area (Å²) in [5.41, 5.74) is -0.0256. The van der Waals surface area contributed by atoms with Crippen LogP contribution in [0.25, 0.3) is 0 Å². The van der Waals surface area contributed by atoms with Crippen LogP contribution in [-0.4, -0.2) is 22.9 Å². The Morgan fingerprint density at radius 1 is 1.16 bits per heavy atom. The van der Waals surface area contributed by atoms with Gasteiger partial charge >= 0.3 is 5.97 Å². The lowest BCUT2D eigenvalue weighted by molar-refractivity contribution is -0.384. The van der Waals surface area contributed by atoms with E-state index in [1.807, 2.05) is 0 Å². The molecular weight excluding hydrogens is 371 g/mol. The van der Waals surface area contributed by atoms with Gasteiger partial charge in [0.2, 0.25) is 0 Å². The van der Waals surface area contributed by atoms with Crippen LogP contribution in [0.3, 0.4) is 0 Å². The van der Waals surface area contributed by atoms with Crippen LogP contribution in [0.15, 0.2) is 42.5 Å². The monoisotopic (exact) mass is 382 g/mol. The molecule has 1 amide bonds. The summed E-state index contributed by atoms with van der Waals surface area (Å²) >= 11 is 11.6. The molecule has 0 saturated carbocycles. The number of nitro benzene ring substituents is 1. The Bertz CT molecular complexity index is 824. The van der Waals surface area contributed by atoms with Gasteiger partial charge in [-0.2, -0.15) is 0 Å². The van der Waals surface area contributed by atoms with Gasteiger partial charge in [0.05, 0.1) is 15.5 Å². The predicted octanol–water partition coefficient (Wildman–Crippen LogP) is 4.09. The van der Waals surface area contributed by atoms with E-state index >= 15 is 0 Å². The second-order valence-electron chi connectivity index (χ2n) is 4.96. The van der Waals surface area contributed by atoms with Crippen LogP contribution in [0.5, 0.6) is 0 Å². The molecule has 0 saturated heterocycles. The SMILES string of the molecule is C[C@H](OC(=O)c1cc([N+](=O)[O-])ccc1Cl)C(=O)Nc1ccc(Cl)cc1. The maximum Gasteiger partial charge on any atom is 0.340 e. The lowest BCUT2D eigenvalue weighted by Gasteiger charge is -2.14. The maximum atomic E-state index is 12.1. The Morgan fingerprint density at radius 2 is 1.80 bits per heavy atom. The second kappa shape index (κ2) is 7.96. The smallest absolute Gasteiger partial charge is 0.340 e. The van der Waals surface area contributed by atoms with Gasteiger partial charge in [-0.05, 0) is 37.3 Å². The van der Waals surface area contributed by atoms with E-state index in [-0.39, 0.29) is 16.3 Å². The molecule has 0 aliphatic heterocycles. The molecule has 25 heavy (non-hydrogen) atoms. The zero-order valence-electron chi connectivity index (χ0n) is 12.9. The molecule has 9 heteroatoms. The number of halogens is 2. The van der Waals surface area contributed by atoms with Crippen LogP contribution < -0.4 is 5.32 Å². The number of carbonyl (C=O) groups is 2. The van der Waals surface area contributed by atoms with E-state index in [0.29, 0.717) is 10.7 Å². The van der Waals surface area contributed by atoms with E-state index in [0.717, 1.165) is 12.1 Å². The van der Waals surface area contributed by atoms with Gasteiger partial charge < -0.3 is 10.1 Å². The summed E-state index contributed by atoms with van der Waals surface area (Å²) in [6, 6.07) is 9.74. The van der Waals surface area contributed by atoms with Crippen LogP contribution in [0.2, 0.25) is 10.0 Å². The average molecular weight is 383 g/mol. The van der Waals surface area contributed by atoms with Gasteiger partial charge in [0, 0.05) is 22.8 Å². The van der Waals surface area contributed by atoms with Crippen LogP contribution in [0.4, 0.5) is 11.4 Å². The fourth-order valence-corrected chi connectivity index (χ4v) is 2.16. The summed E-state index contributed by atoms with van der Waals surface area (Å²) in [4.78, 5) is 34.3. The summed E-state index contributed by atoms with van der Waals surface area (Å²) < 4.78 is 5.03. The van der Waals surface area contributed by atoms with Crippen molar-refractivity contribution in [3.8, 4) is 0 Å². The van der Waals surface area contributed by atoms with Crippen molar-refractivity contribution >= 4 is 46.5 Å². The Labute approximate surface area is 152 Å². The van der Waals surface area contributed by atoms with E-state index in [1.54, 1.807) is 24.3 Å². The summed E-state index contributed by atoms with van der Waals surface area (Å²) in [7, 11) is 0. The molecule has 130 valence electrons. The largest absolute Gasteiger partial charge is 0.449 e. The first-order valence-corrected chi connectivity index (χ1v) is 7.75. The molecule has 2 rings (SSSR count). The summed E-state index contributed by atoms with van der Waals surface area (Å²) in [6.45, 7) is 1.37. The first-order valence-electron chi connectivity index (χ1n) is 6.99.